The molecule has 2 aromatic rings. The van der Waals surface area contributed by atoms with Gasteiger partial charge in [0.2, 0.25) is 5.91 Å². The number of hydrogen-bond donors (Lipinski definition) is 2. The Hall–Kier alpha value is -2.45. The second-order valence-electron chi connectivity index (χ2n) is 7.29. The number of benzene rings is 1. The number of aliphatic hydroxyl groups excluding tert-OH is 1. The molecular weight excluding hydrogens is 373 g/mol. The average molecular weight is 392 g/mol. The molecule has 0 spiro atoms. The Morgan fingerprint density at radius 3 is 2.79 bits per heavy atom. The van der Waals surface area contributed by atoms with Crippen LogP contribution in [0.1, 0.15) is 29.2 Å². The number of nitrogens with zero attached hydrogens (tertiary/aromatic N) is 1. The van der Waals surface area contributed by atoms with Crippen molar-refractivity contribution in [3.8, 4) is 0 Å². The molecule has 2 N–H and O–H groups in total. The van der Waals surface area contributed by atoms with Crippen LogP contribution in [0, 0.1) is 12.8 Å². The van der Waals surface area contributed by atoms with Gasteiger partial charge in [0.15, 0.2) is 0 Å². The summed E-state index contributed by atoms with van der Waals surface area (Å²) < 4.78 is 44.6. The van der Waals surface area contributed by atoms with E-state index in [1.165, 1.54) is 12.1 Å². The number of carbonyl (C=O) groups is 1. The SMILES string of the molecule is Cc1cc([C@H]2[C@H]3O[C@H](C[C@@H]3O)[C@@H]2C(=O)Nc2cccc(C(F)(F)F)c2)ccn1. The molecule has 2 aliphatic rings. The Balaban J connectivity index is 1.61. The molecule has 1 aromatic carbocycles. The van der Waals surface area contributed by atoms with Crippen LogP contribution in [-0.2, 0) is 15.7 Å². The van der Waals surface area contributed by atoms with Gasteiger partial charge in [0, 0.05) is 29.9 Å². The predicted octanol–water partition coefficient (Wildman–Crippen LogP) is 3.28. The van der Waals surface area contributed by atoms with Gasteiger partial charge in [-0.1, -0.05) is 6.07 Å². The first-order valence-corrected chi connectivity index (χ1v) is 8.98. The minimum atomic E-state index is -4.49. The zero-order valence-corrected chi connectivity index (χ0v) is 15.0. The van der Waals surface area contributed by atoms with Crippen molar-refractivity contribution in [1.29, 1.82) is 0 Å². The number of aryl methyl sites for hydroxylation is 1. The molecule has 2 fully saturated rings. The van der Waals surface area contributed by atoms with E-state index >= 15 is 0 Å². The van der Waals surface area contributed by atoms with E-state index in [-0.39, 0.29) is 11.6 Å². The molecular formula is C20H19F3N2O3. The van der Waals surface area contributed by atoms with Crippen molar-refractivity contribution in [3.63, 3.8) is 0 Å². The van der Waals surface area contributed by atoms with Gasteiger partial charge in [-0.15, -0.1) is 0 Å². The zero-order chi connectivity index (χ0) is 20.1. The van der Waals surface area contributed by atoms with E-state index in [1.807, 2.05) is 13.0 Å². The van der Waals surface area contributed by atoms with Crippen molar-refractivity contribution >= 4 is 11.6 Å². The van der Waals surface area contributed by atoms with Crippen LogP contribution in [0.25, 0.3) is 0 Å². The number of nitrogens with one attached hydrogen (secondary N) is 1. The molecule has 1 amide bonds. The lowest BCUT2D eigenvalue weighted by atomic mass is 9.74. The van der Waals surface area contributed by atoms with Crippen LogP contribution in [0.2, 0.25) is 0 Å². The number of amides is 1. The lowest BCUT2D eigenvalue weighted by Gasteiger charge is -2.30. The fourth-order valence-corrected chi connectivity index (χ4v) is 4.21. The van der Waals surface area contributed by atoms with Crippen molar-refractivity contribution < 1.29 is 27.8 Å². The smallest absolute Gasteiger partial charge is 0.390 e. The van der Waals surface area contributed by atoms with Gasteiger partial charge in [0.05, 0.1) is 29.8 Å². The maximum Gasteiger partial charge on any atom is 0.416 e. The van der Waals surface area contributed by atoms with Gasteiger partial charge in [-0.25, -0.2) is 0 Å². The number of hydrogen-bond acceptors (Lipinski definition) is 4. The van der Waals surface area contributed by atoms with E-state index in [9.17, 15) is 23.1 Å². The molecule has 3 heterocycles. The highest BCUT2D eigenvalue weighted by atomic mass is 19.4. The van der Waals surface area contributed by atoms with Gasteiger partial charge in [0.1, 0.15) is 0 Å². The Bertz CT molecular complexity index is 902. The molecule has 2 aliphatic heterocycles. The van der Waals surface area contributed by atoms with E-state index in [2.05, 4.69) is 10.3 Å². The minimum absolute atomic E-state index is 0.0767. The summed E-state index contributed by atoms with van der Waals surface area (Å²) in [7, 11) is 0. The Kier molecular flexibility index (Phi) is 4.63. The van der Waals surface area contributed by atoms with Crippen LogP contribution in [0.5, 0.6) is 0 Å². The summed E-state index contributed by atoms with van der Waals surface area (Å²) in [5.74, 6) is -1.41. The lowest BCUT2D eigenvalue weighted by molar-refractivity contribution is -0.137. The molecule has 5 atom stereocenters. The molecule has 4 rings (SSSR count). The highest BCUT2D eigenvalue weighted by Crippen LogP contribution is 2.49. The van der Waals surface area contributed by atoms with Crippen molar-refractivity contribution in [2.75, 3.05) is 5.32 Å². The number of carbonyl (C=O) groups excluding carboxylic acids is 1. The molecule has 0 saturated carbocycles. The number of alkyl halides is 3. The third-order valence-electron chi connectivity index (χ3n) is 5.39. The van der Waals surface area contributed by atoms with E-state index in [0.29, 0.717) is 6.42 Å². The van der Waals surface area contributed by atoms with Crippen molar-refractivity contribution in [2.24, 2.45) is 5.92 Å². The quantitative estimate of drug-likeness (QED) is 0.841. The average Bonchev–Trinajstić information content (AvgIpc) is 3.18. The fraction of sp³-hybridized carbons (Fsp3) is 0.400. The van der Waals surface area contributed by atoms with Crippen molar-refractivity contribution in [3.05, 3.63) is 59.4 Å². The summed E-state index contributed by atoms with van der Waals surface area (Å²) in [5, 5.41) is 12.8. The van der Waals surface area contributed by atoms with E-state index < -0.39 is 41.9 Å². The van der Waals surface area contributed by atoms with Crippen LogP contribution >= 0.6 is 0 Å². The molecule has 2 bridgehead atoms. The third-order valence-corrected chi connectivity index (χ3v) is 5.39. The second-order valence-corrected chi connectivity index (χ2v) is 7.29. The summed E-state index contributed by atoms with van der Waals surface area (Å²) in [5.41, 5.74) is 0.841. The predicted molar refractivity (Wildman–Crippen MR) is 94.6 cm³/mol. The van der Waals surface area contributed by atoms with Crippen LogP contribution in [0.15, 0.2) is 42.6 Å². The maximum absolute atomic E-state index is 13.0. The van der Waals surface area contributed by atoms with E-state index in [1.54, 1.807) is 12.3 Å². The van der Waals surface area contributed by atoms with Crippen LogP contribution in [0.3, 0.4) is 0 Å². The number of pyridine rings is 1. The molecule has 0 aliphatic carbocycles. The maximum atomic E-state index is 13.0. The summed E-state index contributed by atoms with van der Waals surface area (Å²) in [6.07, 6.45) is -4.22. The summed E-state index contributed by atoms with van der Waals surface area (Å²) >= 11 is 0. The third kappa shape index (κ3) is 3.38. The monoisotopic (exact) mass is 392 g/mol. The van der Waals surface area contributed by atoms with Crippen molar-refractivity contribution in [2.45, 2.75) is 43.8 Å². The first-order chi connectivity index (χ1) is 13.2. The Labute approximate surface area is 159 Å². The van der Waals surface area contributed by atoms with Crippen LogP contribution < -0.4 is 5.32 Å². The molecule has 0 unspecified atom stereocenters. The molecule has 0 radical (unpaired) electrons. The number of anilines is 1. The van der Waals surface area contributed by atoms with E-state index in [4.69, 9.17) is 4.74 Å². The number of rotatable bonds is 3. The standard InChI is InChI=1S/C20H19F3N2O3/c1-10-7-11(5-6-24-10)16-17(15-9-14(26)18(16)28-15)19(27)25-13-4-2-3-12(8-13)20(21,22)23/h2-8,14-18,26H,9H2,1H3,(H,25,27)/t14-,15+,16+,17-,18-/m0/s1. The van der Waals surface area contributed by atoms with Gasteiger partial charge >= 0.3 is 6.18 Å². The number of aromatic nitrogens is 1. The minimum Gasteiger partial charge on any atom is -0.390 e. The number of halogens is 3. The number of ether oxygens (including phenoxy) is 1. The summed E-state index contributed by atoms with van der Waals surface area (Å²) in [6, 6.07) is 8.15. The Morgan fingerprint density at radius 1 is 1.29 bits per heavy atom. The molecule has 1 aromatic heterocycles. The van der Waals surface area contributed by atoms with Gasteiger partial charge < -0.3 is 15.2 Å². The molecule has 5 nitrogen and oxygen atoms in total. The first kappa shape index (κ1) is 18.9. The normalized spacial score (nSPS) is 29.1. The first-order valence-electron chi connectivity index (χ1n) is 8.98. The van der Waals surface area contributed by atoms with Gasteiger partial charge in [0.25, 0.3) is 0 Å². The molecule has 148 valence electrons. The number of fused-ring (bicyclic) bond motifs is 2. The highest BCUT2D eigenvalue weighted by Gasteiger charge is 2.57. The zero-order valence-electron chi connectivity index (χ0n) is 15.0. The Morgan fingerprint density at radius 2 is 2.07 bits per heavy atom. The van der Waals surface area contributed by atoms with Gasteiger partial charge in [-0.05, 0) is 42.8 Å². The molecule has 2 saturated heterocycles. The lowest BCUT2D eigenvalue weighted by Crippen LogP contribution is -2.41. The largest absolute Gasteiger partial charge is 0.416 e. The van der Waals surface area contributed by atoms with Gasteiger partial charge in [-0.3, -0.25) is 9.78 Å². The highest BCUT2D eigenvalue weighted by molar-refractivity contribution is 5.94. The summed E-state index contributed by atoms with van der Waals surface area (Å²) in [4.78, 5) is 17.1. The summed E-state index contributed by atoms with van der Waals surface area (Å²) in [6.45, 7) is 1.83. The number of aliphatic hydroxyl groups is 1. The molecule has 28 heavy (non-hydrogen) atoms. The van der Waals surface area contributed by atoms with E-state index in [0.717, 1.165) is 23.4 Å². The second kappa shape index (κ2) is 6.86. The van der Waals surface area contributed by atoms with Crippen LogP contribution in [0.4, 0.5) is 18.9 Å². The molecule has 8 heteroatoms. The fourth-order valence-electron chi connectivity index (χ4n) is 4.21. The van der Waals surface area contributed by atoms with Gasteiger partial charge in [-0.2, -0.15) is 13.2 Å². The van der Waals surface area contributed by atoms with Crippen LogP contribution in [-0.4, -0.2) is 34.3 Å². The topological polar surface area (TPSA) is 71.5 Å². The van der Waals surface area contributed by atoms with Crippen molar-refractivity contribution in [1.82, 2.24) is 4.98 Å².